The Morgan fingerprint density at radius 3 is 2.94 bits per heavy atom. The monoisotopic (exact) mass is 227 g/mol. The van der Waals surface area contributed by atoms with Gasteiger partial charge in [-0.3, -0.25) is 4.79 Å². The lowest BCUT2D eigenvalue weighted by Gasteiger charge is -2.06. The van der Waals surface area contributed by atoms with E-state index in [1.165, 1.54) is 5.56 Å². The van der Waals surface area contributed by atoms with Gasteiger partial charge in [0.1, 0.15) is 0 Å². The molecule has 1 heterocycles. The van der Waals surface area contributed by atoms with Crippen molar-refractivity contribution in [1.82, 2.24) is 4.98 Å². The number of rotatable bonds is 0. The second kappa shape index (κ2) is 3.39. The summed E-state index contributed by atoms with van der Waals surface area (Å²) >= 11 is 1.62. The number of hydrogen-bond acceptors (Lipinski definition) is 3. The first-order chi connectivity index (χ1) is 7.74. The standard InChI is InChI=1S/C13H9NOS/c1-8-3-2-4-11-13(8)14-10-6-5-9(15)7-12(10)16-11/h2-7H,1H3. The number of para-hydroxylation sites is 1. The Kier molecular flexibility index (Phi) is 2.01. The predicted octanol–water partition coefficient (Wildman–Crippen LogP) is 3.07. The first-order valence-electron chi connectivity index (χ1n) is 5.04. The van der Waals surface area contributed by atoms with Crippen LogP contribution in [-0.4, -0.2) is 4.98 Å². The van der Waals surface area contributed by atoms with Crippen LogP contribution in [0.1, 0.15) is 5.56 Å². The number of hydrogen-bond donors (Lipinski definition) is 0. The molecule has 0 spiro atoms. The summed E-state index contributed by atoms with van der Waals surface area (Å²) in [6.07, 6.45) is 0. The molecular formula is C13H9NOS. The van der Waals surface area contributed by atoms with Crippen molar-refractivity contribution in [3.05, 3.63) is 52.2 Å². The van der Waals surface area contributed by atoms with Crippen molar-refractivity contribution in [1.29, 1.82) is 0 Å². The van der Waals surface area contributed by atoms with Gasteiger partial charge in [0.15, 0.2) is 5.43 Å². The first kappa shape index (κ1) is 9.48. The van der Waals surface area contributed by atoms with E-state index in [0.717, 1.165) is 20.8 Å². The SMILES string of the molecule is Cc1cccc2sc3cc(=O)ccc-3nc12. The molecule has 0 saturated heterocycles. The fraction of sp³-hybridized carbons (Fsp3) is 0.0769. The maximum Gasteiger partial charge on any atom is 0.180 e. The van der Waals surface area contributed by atoms with Crippen LogP contribution < -0.4 is 5.43 Å². The fourth-order valence-electron chi connectivity index (χ4n) is 1.77. The number of aromatic nitrogens is 1. The molecular weight excluding hydrogens is 218 g/mol. The molecule has 0 atom stereocenters. The van der Waals surface area contributed by atoms with E-state index < -0.39 is 0 Å². The third kappa shape index (κ3) is 1.41. The van der Waals surface area contributed by atoms with Crippen LogP contribution in [0.5, 0.6) is 0 Å². The summed E-state index contributed by atoms with van der Waals surface area (Å²) in [5.41, 5.74) is 3.13. The lowest BCUT2D eigenvalue weighted by atomic mass is 10.2. The normalized spacial score (nSPS) is 11.1. The molecule has 0 N–H and O–H groups in total. The van der Waals surface area contributed by atoms with Gasteiger partial charge in [0.05, 0.1) is 20.8 Å². The summed E-state index contributed by atoms with van der Waals surface area (Å²) in [5.74, 6) is 0. The molecule has 1 aliphatic carbocycles. The van der Waals surface area contributed by atoms with Crippen molar-refractivity contribution in [2.45, 2.75) is 6.92 Å². The zero-order valence-electron chi connectivity index (χ0n) is 8.73. The highest BCUT2D eigenvalue weighted by Crippen LogP contribution is 2.30. The Balaban J connectivity index is 2.50. The minimum absolute atomic E-state index is 0.0394. The molecule has 1 aliphatic heterocycles. The predicted molar refractivity (Wildman–Crippen MR) is 67.2 cm³/mol. The van der Waals surface area contributed by atoms with Gasteiger partial charge >= 0.3 is 0 Å². The Bertz CT molecular complexity index is 702. The summed E-state index contributed by atoms with van der Waals surface area (Å²) in [6.45, 7) is 2.05. The Morgan fingerprint density at radius 1 is 1.19 bits per heavy atom. The van der Waals surface area contributed by atoms with Crippen molar-refractivity contribution in [2.24, 2.45) is 0 Å². The molecule has 0 radical (unpaired) electrons. The van der Waals surface area contributed by atoms with Gasteiger partial charge < -0.3 is 0 Å². The van der Waals surface area contributed by atoms with E-state index in [4.69, 9.17) is 0 Å². The van der Waals surface area contributed by atoms with E-state index in [1.54, 1.807) is 29.5 Å². The molecule has 0 unspecified atom stereocenters. The van der Waals surface area contributed by atoms with Crippen LogP contribution in [-0.2, 0) is 0 Å². The molecule has 0 aromatic heterocycles. The van der Waals surface area contributed by atoms with E-state index in [-0.39, 0.29) is 5.43 Å². The highest BCUT2D eigenvalue weighted by Gasteiger charge is 2.07. The van der Waals surface area contributed by atoms with Gasteiger partial charge in [-0.05, 0) is 30.7 Å². The van der Waals surface area contributed by atoms with Crippen molar-refractivity contribution in [3.8, 4) is 10.6 Å². The van der Waals surface area contributed by atoms with Crippen LogP contribution in [0, 0.1) is 6.92 Å². The first-order valence-corrected chi connectivity index (χ1v) is 5.86. The van der Waals surface area contributed by atoms with E-state index >= 15 is 0 Å². The maximum atomic E-state index is 11.3. The smallest absolute Gasteiger partial charge is 0.180 e. The molecule has 0 bridgehead atoms. The minimum atomic E-state index is 0.0394. The van der Waals surface area contributed by atoms with E-state index in [1.807, 2.05) is 12.1 Å². The second-order valence-corrected chi connectivity index (χ2v) is 4.85. The molecule has 0 amide bonds. The van der Waals surface area contributed by atoms with Crippen LogP contribution in [0.25, 0.3) is 20.8 Å². The zero-order chi connectivity index (χ0) is 11.1. The number of aryl methyl sites for hydroxylation is 1. The van der Waals surface area contributed by atoms with Crippen molar-refractivity contribution < 1.29 is 0 Å². The minimum Gasteiger partial charge on any atom is -0.290 e. The zero-order valence-corrected chi connectivity index (χ0v) is 9.54. The molecule has 2 aliphatic rings. The largest absolute Gasteiger partial charge is 0.290 e. The molecule has 0 saturated carbocycles. The Hall–Kier alpha value is -1.74. The highest BCUT2D eigenvalue weighted by molar-refractivity contribution is 7.21. The van der Waals surface area contributed by atoms with Crippen molar-refractivity contribution in [3.63, 3.8) is 0 Å². The summed E-state index contributed by atoms with van der Waals surface area (Å²) in [4.78, 5) is 16.8. The Morgan fingerprint density at radius 2 is 2.06 bits per heavy atom. The van der Waals surface area contributed by atoms with Gasteiger partial charge in [-0.1, -0.05) is 12.1 Å². The van der Waals surface area contributed by atoms with E-state index in [9.17, 15) is 4.79 Å². The lowest BCUT2D eigenvalue weighted by molar-refractivity contribution is 1.37. The number of benzene rings is 2. The molecule has 1 aromatic carbocycles. The van der Waals surface area contributed by atoms with Gasteiger partial charge in [-0.25, -0.2) is 4.98 Å². The lowest BCUT2D eigenvalue weighted by Crippen LogP contribution is -1.98. The molecule has 3 rings (SSSR count). The van der Waals surface area contributed by atoms with Crippen LogP contribution in [0.4, 0.5) is 0 Å². The topological polar surface area (TPSA) is 30.0 Å². The van der Waals surface area contributed by atoms with Crippen molar-refractivity contribution >= 4 is 21.6 Å². The average Bonchev–Trinajstić information content (AvgIpc) is 2.27. The third-order valence-electron chi connectivity index (χ3n) is 2.58. The summed E-state index contributed by atoms with van der Waals surface area (Å²) < 4.78 is 1.12. The summed E-state index contributed by atoms with van der Waals surface area (Å²) in [6, 6.07) is 11.1. The summed E-state index contributed by atoms with van der Waals surface area (Å²) in [7, 11) is 0. The van der Waals surface area contributed by atoms with E-state index in [0.29, 0.717) is 0 Å². The molecule has 16 heavy (non-hydrogen) atoms. The summed E-state index contributed by atoms with van der Waals surface area (Å²) in [5, 5.41) is 0. The van der Waals surface area contributed by atoms with E-state index in [2.05, 4.69) is 18.0 Å². The van der Waals surface area contributed by atoms with Crippen LogP contribution in [0.15, 0.2) is 41.2 Å². The van der Waals surface area contributed by atoms with Gasteiger partial charge in [0.2, 0.25) is 0 Å². The van der Waals surface area contributed by atoms with Gasteiger partial charge in [0.25, 0.3) is 0 Å². The van der Waals surface area contributed by atoms with Gasteiger partial charge in [0, 0.05) is 6.07 Å². The van der Waals surface area contributed by atoms with Crippen LogP contribution in [0.3, 0.4) is 0 Å². The van der Waals surface area contributed by atoms with Gasteiger partial charge in [-0.15, -0.1) is 11.3 Å². The van der Waals surface area contributed by atoms with Crippen LogP contribution in [0.2, 0.25) is 0 Å². The average molecular weight is 227 g/mol. The molecule has 78 valence electrons. The fourth-order valence-corrected chi connectivity index (χ4v) is 2.85. The van der Waals surface area contributed by atoms with Gasteiger partial charge in [-0.2, -0.15) is 0 Å². The molecule has 0 fully saturated rings. The number of fused-ring (bicyclic) bond motifs is 2. The molecule has 1 aromatic rings. The second-order valence-electron chi connectivity index (χ2n) is 3.77. The quantitative estimate of drug-likeness (QED) is 0.552. The van der Waals surface area contributed by atoms with Crippen LogP contribution >= 0.6 is 11.3 Å². The maximum absolute atomic E-state index is 11.3. The van der Waals surface area contributed by atoms with Crippen molar-refractivity contribution in [2.75, 3.05) is 0 Å². The third-order valence-corrected chi connectivity index (χ3v) is 3.68. The molecule has 3 heteroatoms. The molecule has 2 nitrogen and oxygen atoms in total. The number of nitrogens with zero attached hydrogens (tertiary/aromatic N) is 1. The highest BCUT2D eigenvalue weighted by atomic mass is 32.1. The Labute approximate surface area is 96.5 Å².